The first kappa shape index (κ1) is 22.8. The molecular weight excluding hydrogens is 429 g/mol. The van der Waals surface area contributed by atoms with E-state index in [1.807, 2.05) is 20.8 Å². The van der Waals surface area contributed by atoms with E-state index in [0.717, 1.165) is 13.1 Å². The lowest BCUT2D eigenvalue weighted by atomic mass is 10.1. The summed E-state index contributed by atoms with van der Waals surface area (Å²) < 4.78 is 20.1. The van der Waals surface area contributed by atoms with Crippen LogP contribution in [0.3, 0.4) is 0 Å². The van der Waals surface area contributed by atoms with Gasteiger partial charge in [-0.1, -0.05) is 0 Å². The number of hydrogen-bond donors (Lipinski definition) is 2. The Morgan fingerprint density at radius 3 is 2.67 bits per heavy atom. The maximum atomic E-state index is 14.0. The van der Waals surface area contributed by atoms with Crippen LogP contribution in [0, 0.1) is 23.6 Å². The van der Waals surface area contributed by atoms with Crippen LogP contribution in [0.1, 0.15) is 31.1 Å². The summed E-state index contributed by atoms with van der Waals surface area (Å²) in [6.07, 6.45) is 1.96. The number of halogens is 1. The zero-order valence-electron chi connectivity index (χ0n) is 18.9. The topological polar surface area (TPSA) is 108 Å². The number of nitrogens with zero attached hydrogens (tertiary/aromatic N) is 4. The third-order valence-corrected chi connectivity index (χ3v) is 6.44. The average Bonchev–Trinajstić information content (AvgIpc) is 3.22. The van der Waals surface area contributed by atoms with E-state index in [1.165, 1.54) is 30.7 Å². The molecule has 33 heavy (non-hydrogen) atoms. The van der Waals surface area contributed by atoms with Crippen molar-refractivity contribution in [2.45, 2.75) is 26.8 Å². The molecule has 2 N–H and O–H groups in total. The van der Waals surface area contributed by atoms with Gasteiger partial charge in [0.15, 0.2) is 11.6 Å². The van der Waals surface area contributed by atoms with Crippen LogP contribution in [-0.2, 0) is 0 Å². The predicted molar refractivity (Wildman–Crippen MR) is 119 cm³/mol. The molecule has 2 amide bonds. The number of benzene rings is 1. The van der Waals surface area contributed by atoms with E-state index < -0.39 is 11.9 Å². The van der Waals surface area contributed by atoms with Crippen molar-refractivity contribution in [3.05, 3.63) is 42.1 Å². The zero-order valence-corrected chi connectivity index (χ0v) is 18.9. The van der Waals surface area contributed by atoms with E-state index in [-0.39, 0.29) is 23.3 Å². The minimum absolute atomic E-state index is 0.0471. The van der Waals surface area contributed by atoms with Crippen molar-refractivity contribution >= 4 is 17.8 Å². The van der Waals surface area contributed by atoms with Gasteiger partial charge < -0.3 is 25.0 Å². The number of anilines is 1. The van der Waals surface area contributed by atoms with Gasteiger partial charge in [-0.2, -0.15) is 0 Å². The largest absolute Gasteiger partial charge is 0.465 e. The molecule has 0 radical (unpaired) electrons. The average molecular weight is 458 g/mol. The smallest absolute Gasteiger partial charge is 0.404 e. The SMILES string of the molecule is CCN(C(=O)c1cc(F)ccc1Oc1cncnc1N1CC2C(CNC(=O)O)C2C1)C(C)C. The van der Waals surface area contributed by atoms with Crippen molar-refractivity contribution in [3.8, 4) is 11.5 Å². The van der Waals surface area contributed by atoms with Gasteiger partial charge in [0, 0.05) is 32.2 Å². The second kappa shape index (κ2) is 9.21. The van der Waals surface area contributed by atoms with Crippen molar-refractivity contribution < 1.29 is 23.8 Å². The van der Waals surface area contributed by atoms with E-state index in [9.17, 15) is 14.0 Å². The number of ether oxygens (including phenoxy) is 1. The number of nitrogens with one attached hydrogen (secondary N) is 1. The first-order valence-electron chi connectivity index (χ1n) is 11.1. The molecule has 0 spiro atoms. The van der Waals surface area contributed by atoms with Crippen LogP contribution >= 0.6 is 0 Å². The summed E-state index contributed by atoms with van der Waals surface area (Å²) in [5.41, 5.74) is 0.143. The molecule has 1 aromatic carbocycles. The lowest BCUT2D eigenvalue weighted by Crippen LogP contribution is -2.36. The van der Waals surface area contributed by atoms with Gasteiger partial charge in [-0.15, -0.1) is 0 Å². The van der Waals surface area contributed by atoms with Gasteiger partial charge in [0.1, 0.15) is 17.9 Å². The molecule has 1 aliphatic heterocycles. The van der Waals surface area contributed by atoms with Gasteiger partial charge in [0.25, 0.3) is 5.91 Å². The number of fused-ring (bicyclic) bond motifs is 1. The quantitative estimate of drug-likeness (QED) is 0.627. The molecule has 0 bridgehead atoms. The highest BCUT2D eigenvalue weighted by Crippen LogP contribution is 2.52. The van der Waals surface area contributed by atoms with E-state index in [0.29, 0.717) is 42.4 Å². The Kier molecular flexibility index (Phi) is 6.35. The molecule has 9 nitrogen and oxygen atoms in total. The van der Waals surface area contributed by atoms with E-state index in [4.69, 9.17) is 9.84 Å². The number of piperidine rings is 1. The van der Waals surface area contributed by atoms with E-state index in [2.05, 4.69) is 20.2 Å². The van der Waals surface area contributed by atoms with Gasteiger partial charge in [-0.05, 0) is 56.7 Å². The number of aromatic nitrogens is 2. The van der Waals surface area contributed by atoms with Crippen molar-refractivity contribution in [2.24, 2.45) is 17.8 Å². The second-order valence-electron chi connectivity index (χ2n) is 8.72. The highest BCUT2D eigenvalue weighted by molar-refractivity contribution is 5.97. The fourth-order valence-corrected chi connectivity index (χ4v) is 4.72. The highest BCUT2D eigenvalue weighted by Gasteiger charge is 2.56. The standard InChI is InChI=1S/C23H28FN5O4/c1-4-29(13(2)3)22(30)15-7-14(24)5-6-19(15)33-20-9-25-12-27-21(20)28-10-17-16(18(17)11-28)8-26-23(31)32/h5-7,9,12-13,16-18,26H,4,8,10-11H2,1-3H3,(H,31,32). The number of rotatable bonds is 8. The lowest BCUT2D eigenvalue weighted by Gasteiger charge is -2.26. The van der Waals surface area contributed by atoms with Crippen LogP contribution in [-0.4, -0.2) is 64.2 Å². The molecule has 2 heterocycles. The number of carboxylic acid groups (broad SMARTS) is 1. The Morgan fingerprint density at radius 1 is 1.30 bits per heavy atom. The number of amides is 2. The lowest BCUT2D eigenvalue weighted by molar-refractivity contribution is 0.0713. The third kappa shape index (κ3) is 4.69. The molecule has 2 aliphatic rings. The summed E-state index contributed by atoms with van der Waals surface area (Å²) in [4.78, 5) is 36.0. The summed E-state index contributed by atoms with van der Waals surface area (Å²) in [6.45, 7) is 8.09. The Labute approximate surface area is 191 Å². The van der Waals surface area contributed by atoms with Crippen LogP contribution < -0.4 is 15.0 Å². The Hall–Kier alpha value is -3.43. The number of carbonyl (C=O) groups excluding carboxylic acids is 1. The van der Waals surface area contributed by atoms with Crippen molar-refractivity contribution in [1.82, 2.24) is 20.2 Å². The van der Waals surface area contributed by atoms with Crippen LogP contribution in [0.25, 0.3) is 0 Å². The summed E-state index contributed by atoms with van der Waals surface area (Å²) in [5, 5.41) is 11.3. The van der Waals surface area contributed by atoms with Gasteiger partial charge in [0.05, 0.1) is 11.8 Å². The second-order valence-corrected chi connectivity index (χ2v) is 8.72. The molecule has 1 aromatic heterocycles. The normalized spacial score (nSPS) is 21.0. The molecule has 2 atom stereocenters. The van der Waals surface area contributed by atoms with Gasteiger partial charge >= 0.3 is 6.09 Å². The minimum atomic E-state index is -1.01. The van der Waals surface area contributed by atoms with Crippen molar-refractivity contribution in [1.29, 1.82) is 0 Å². The van der Waals surface area contributed by atoms with Crippen molar-refractivity contribution in [3.63, 3.8) is 0 Å². The number of carbonyl (C=O) groups is 2. The molecule has 2 aromatic rings. The fourth-order valence-electron chi connectivity index (χ4n) is 4.72. The summed E-state index contributed by atoms with van der Waals surface area (Å²) in [5.74, 6) is 1.52. The monoisotopic (exact) mass is 457 g/mol. The maximum Gasteiger partial charge on any atom is 0.404 e. The Balaban J connectivity index is 1.53. The molecule has 2 unspecified atom stereocenters. The molecule has 1 aliphatic carbocycles. The molecule has 10 heteroatoms. The Bertz CT molecular complexity index is 1040. The first-order valence-corrected chi connectivity index (χ1v) is 11.1. The van der Waals surface area contributed by atoms with Crippen LogP contribution in [0.15, 0.2) is 30.7 Å². The van der Waals surface area contributed by atoms with Crippen LogP contribution in [0.4, 0.5) is 15.0 Å². The first-order chi connectivity index (χ1) is 15.8. The predicted octanol–water partition coefficient (Wildman–Crippen LogP) is 3.23. The molecule has 176 valence electrons. The van der Waals surface area contributed by atoms with Crippen LogP contribution in [0.2, 0.25) is 0 Å². The zero-order chi connectivity index (χ0) is 23.7. The van der Waals surface area contributed by atoms with Crippen molar-refractivity contribution in [2.75, 3.05) is 31.1 Å². The molecule has 1 saturated carbocycles. The summed E-state index contributed by atoms with van der Waals surface area (Å²) >= 11 is 0. The van der Waals surface area contributed by atoms with Gasteiger partial charge in [-0.3, -0.25) is 4.79 Å². The minimum Gasteiger partial charge on any atom is -0.465 e. The molecule has 4 rings (SSSR count). The summed E-state index contributed by atoms with van der Waals surface area (Å²) in [7, 11) is 0. The maximum absolute atomic E-state index is 14.0. The highest BCUT2D eigenvalue weighted by atomic mass is 19.1. The van der Waals surface area contributed by atoms with Crippen LogP contribution in [0.5, 0.6) is 11.5 Å². The molecule has 1 saturated heterocycles. The van der Waals surface area contributed by atoms with E-state index >= 15 is 0 Å². The Morgan fingerprint density at radius 2 is 2.03 bits per heavy atom. The number of hydrogen-bond acceptors (Lipinski definition) is 6. The molecule has 2 fully saturated rings. The molecular formula is C23H28FN5O4. The third-order valence-electron chi connectivity index (χ3n) is 6.44. The van der Waals surface area contributed by atoms with Gasteiger partial charge in [-0.25, -0.2) is 19.2 Å². The van der Waals surface area contributed by atoms with Gasteiger partial charge in [0.2, 0.25) is 0 Å². The summed E-state index contributed by atoms with van der Waals surface area (Å²) in [6, 6.07) is 3.85. The van der Waals surface area contributed by atoms with E-state index in [1.54, 1.807) is 4.90 Å². The fraction of sp³-hybridized carbons (Fsp3) is 0.478.